The number of hydroxylamine groups is 1. The average molecular weight is 290 g/mol. The van der Waals surface area contributed by atoms with Crippen molar-refractivity contribution in [2.75, 3.05) is 0 Å². The molecule has 0 aliphatic carbocycles. The van der Waals surface area contributed by atoms with Crippen LogP contribution in [-0.2, 0) is 11.4 Å². The SMILES string of the molecule is O=C(NOCc1ccccc1)c1ccc([N+](=O)[O-])cc1F. The van der Waals surface area contributed by atoms with E-state index in [1.807, 2.05) is 18.2 Å². The van der Waals surface area contributed by atoms with Crippen molar-refractivity contribution in [1.82, 2.24) is 5.48 Å². The van der Waals surface area contributed by atoms with Crippen LogP contribution in [0.3, 0.4) is 0 Å². The van der Waals surface area contributed by atoms with Crippen molar-refractivity contribution < 1.29 is 18.9 Å². The number of hydrogen-bond acceptors (Lipinski definition) is 4. The van der Waals surface area contributed by atoms with Crippen LogP contribution in [0.1, 0.15) is 15.9 Å². The summed E-state index contributed by atoms with van der Waals surface area (Å²) in [6.45, 7) is 0.126. The molecule has 21 heavy (non-hydrogen) atoms. The van der Waals surface area contributed by atoms with Crippen LogP contribution < -0.4 is 5.48 Å². The van der Waals surface area contributed by atoms with Crippen LogP contribution in [0.2, 0.25) is 0 Å². The molecular formula is C14H11FN2O4. The molecule has 0 saturated heterocycles. The lowest BCUT2D eigenvalue weighted by Crippen LogP contribution is -2.24. The number of nitrogens with zero attached hydrogens (tertiary/aromatic N) is 1. The Morgan fingerprint density at radius 1 is 1.24 bits per heavy atom. The van der Waals surface area contributed by atoms with Crippen molar-refractivity contribution in [2.24, 2.45) is 0 Å². The number of amides is 1. The van der Waals surface area contributed by atoms with Gasteiger partial charge < -0.3 is 0 Å². The van der Waals surface area contributed by atoms with Gasteiger partial charge in [-0.3, -0.25) is 19.7 Å². The summed E-state index contributed by atoms with van der Waals surface area (Å²) in [5, 5.41) is 10.5. The third-order valence-corrected chi connectivity index (χ3v) is 2.65. The summed E-state index contributed by atoms with van der Waals surface area (Å²) in [5.41, 5.74) is 2.18. The molecule has 2 rings (SSSR count). The fourth-order valence-corrected chi connectivity index (χ4v) is 1.62. The summed E-state index contributed by atoms with van der Waals surface area (Å²) in [4.78, 5) is 26.4. The molecule has 0 aliphatic heterocycles. The van der Waals surface area contributed by atoms with E-state index >= 15 is 0 Å². The van der Waals surface area contributed by atoms with Crippen LogP contribution in [0.4, 0.5) is 10.1 Å². The highest BCUT2D eigenvalue weighted by Gasteiger charge is 2.16. The summed E-state index contributed by atoms with van der Waals surface area (Å²) in [6.07, 6.45) is 0. The molecule has 0 atom stereocenters. The van der Waals surface area contributed by atoms with Gasteiger partial charge in [0.15, 0.2) is 0 Å². The molecule has 1 N–H and O–H groups in total. The van der Waals surface area contributed by atoms with E-state index in [-0.39, 0.29) is 12.2 Å². The molecule has 0 aromatic heterocycles. The van der Waals surface area contributed by atoms with Crippen LogP contribution >= 0.6 is 0 Å². The lowest BCUT2D eigenvalue weighted by Gasteiger charge is -2.06. The molecule has 6 nitrogen and oxygen atoms in total. The Balaban J connectivity index is 1.96. The normalized spacial score (nSPS) is 10.1. The molecule has 2 aromatic carbocycles. The van der Waals surface area contributed by atoms with Crippen molar-refractivity contribution in [1.29, 1.82) is 0 Å². The van der Waals surface area contributed by atoms with Gasteiger partial charge in [-0.2, -0.15) is 0 Å². The van der Waals surface area contributed by atoms with Gasteiger partial charge in [-0.15, -0.1) is 0 Å². The molecule has 0 bridgehead atoms. The highest BCUT2D eigenvalue weighted by molar-refractivity contribution is 5.93. The Bertz CT molecular complexity index is 661. The van der Waals surface area contributed by atoms with Gasteiger partial charge in [0.05, 0.1) is 23.2 Å². The lowest BCUT2D eigenvalue weighted by molar-refractivity contribution is -0.385. The summed E-state index contributed by atoms with van der Waals surface area (Å²) in [6, 6.07) is 11.9. The minimum Gasteiger partial charge on any atom is -0.269 e. The first-order valence-electron chi connectivity index (χ1n) is 5.98. The molecule has 108 valence electrons. The van der Waals surface area contributed by atoms with Crippen molar-refractivity contribution in [3.8, 4) is 0 Å². The topological polar surface area (TPSA) is 81.5 Å². The molecule has 0 aliphatic rings. The largest absolute Gasteiger partial charge is 0.277 e. The minimum atomic E-state index is -0.981. The standard InChI is InChI=1S/C14H11FN2O4/c15-13-8-11(17(19)20)6-7-12(13)14(18)16-21-9-10-4-2-1-3-5-10/h1-8H,9H2,(H,16,18). The van der Waals surface area contributed by atoms with Crippen molar-refractivity contribution >= 4 is 11.6 Å². The number of benzene rings is 2. The summed E-state index contributed by atoms with van der Waals surface area (Å²) >= 11 is 0. The maximum Gasteiger partial charge on any atom is 0.277 e. The smallest absolute Gasteiger partial charge is 0.269 e. The number of hydrogen-bond donors (Lipinski definition) is 1. The number of carbonyl (C=O) groups is 1. The third kappa shape index (κ3) is 3.83. The zero-order valence-corrected chi connectivity index (χ0v) is 10.8. The van der Waals surface area contributed by atoms with E-state index in [1.165, 1.54) is 0 Å². The van der Waals surface area contributed by atoms with Gasteiger partial charge in [-0.1, -0.05) is 30.3 Å². The number of rotatable bonds is 5. The number of nitro benzene ring substituents is 1. The van der Waals surface area contributed by atoms with E-state index < -0.39 is 22.3 Å². The number of nitro groups is 1. The van der Waals surface area contributed by atoms with Gasteiger partial charge in [0.25, 0.3) is 11.6 Å². The zero-order valence-electron chi connectivity index (χ0n) is 10.8. The van der Waals surface area contributed by atoms with Crippen LogP contribution in [0.25, 0.3) is 0 Å². The zero-order chi connectivity index (χ0) is 15.2. The molecule has 0 unspecified atom stereocenters. The first-order chi connectivity index (χ1) is 10.1. The Morgan fingerprint density at radius 2 is 1.95 bits per heavy atom. The quantitative estimate of drug-likeness (QED) is 0.678. The van der Waals surface area contributed by atoms with Crippen LogP contribution in [0.5, 0.6) is 0 Å². The predicted molar refractivity (Wildman–Crippen MR) is 71.8 cm³/mol. The molecule has 0 radical (unpaired) electrons. The van der Waals surface area contributed by atoms with Crippen LogP contribution in [-0.4, -0.2) is 10.8 Å². The van der Waals surface area contributed by atoms with Gasteiger partial charge in [-0.25, -0.2) is 9.87 Å². The third-order valence-electron chi connectivity index (χ3n) is 2.65. The molecule has 7 heteroatoms. The molecule has 1 amide bonds. The van der Waals surface area contributed by atoms with E-state index in [4.69, 9.17) is 4.84 Å². The average Bonchev–Trinajstić information content (AvgIpc) is 2.48. The number of non-ortho nitro benzene ring substituents is 1. The highest BCUT2D eigenvalue weighted by atomic mass is 19.1. The first-order valence-corrected chi connectivity index (χ1v) is 5.98. The lowest BCUT2D eigenvalue weighted by atomic mass is 10.2. The molecule has 0 spiro atoms. The Hall–Kier alpha value is -2.80. The van der Waals surface area contributed by atoms with Gasteiger partial charge in [-0.05, 0) is 11.6 Å². The second kappa shape index (κ2) is 6.58. The Morgan fingerprint density at radius 3 is 2.57 bits per heavy atom. The minimum absolute atomic E-state index is 0.126. The summed E-state index contributed by atoms with van der Waals surface area (Å²) < 4.78 is 13.6. The Kier molecular flexibility index (Phi) is 4.57. The first kappa shape index (κ1) is 14.6. The van der Waals surface area contributed by atoms with E-state index in [9.17, 15) is 19.3 Å². The number of halogens is 1. The van der Waals surface area contributed by atoms with E-state index in [1.54, 1.807) is 12.1 Å². The fourth-order valence-electron chi connectivity index (χ4n) is 1.62. The monoisotopic (exact) mass is 290 g/mol. The predicted octanol–water partition coefficient (Wildman–Crippen LogP) is 2.60. The second-order valence-electron chi connectivity index (χ2n) is 4.13. The molecule has 0 fully saturated rings. The maximum atomic E-state index is 13.6. The van der Waals surface area contributed by atoms with Gasteiger partial charge in [0, 0.05) is 6.07 Å². The molecule has 0 heterocycles. The summed E-state index contributed by atoms with van der Waals surface area (Å²) in [7, 11) is 0. The maximum absolute atomic E-state index is 13.6. The van der Waals surface area contributed by atoms with Gasteiger partial charge in [0.2, 0.25) is 0 Å². The second-order valence-corrected chi connectivity index (χ2v) is 4.13. The van der Waals surface area contributed by atoms with Gasteiger partial charge >= 0.3 is 0 Å². The van der Waals surface area contributed by atoms with Gasteiger partial charge in [0.1, 0.15) is 5.82 Å². The molecule has 0 saturated carbocycles. The van der Waals surface area contributed by atoms with E-state index in [0.29, 0.717) is 6.07 Å². The fraction of sp³-hybridized carbons (Fsp3) is 0.0714. The number of carbonyl (C=O) groups excluding carboxylic acids is 1. The van der Waals surface area contributed by atoms with Crippen molar-refractivity contribution in [2.45, 2.75) is 6.61 Å². The van der Waals surface area contributed by atoms with Crippen molar-refractivity contribution in [3.63, 3.8) is 0 Å². The van der Waals surface area contributed by atoms with Crippen molar-refractivity contribution in [3.05, 3.63) is 75.6 Å². The number of nitrogens with one attached hydrogen (secondary N) is 1. The Labute approximate surface area is 119 Å². The highest BCUT2D eigenvalue weighted by Crippen LogP contribution is 2.16. The van der Waals surface area contributed by atoms with E-state index in [0.717, 1.165) is 17.7 Å². The van der Waals surface area contributed by atoms with Crippen LogP contribution in [0.15, 0.2) is 48.5 Å². The molecule has 2 aromatic rings. The van der Waals surface area contributed by atoms with Crippen LogP contribution in [0, 0.1) is 15.9 Å². The summed E-state index contributed by atoms with van der Waals surface area (Å²) in [5.74, 6) is -1.79. The molecular weight excluding hydrogens is 279 g/mol. The van der Waals surface area contributed by atoms with E-state index in [2.05, 4.69) is 5.48 Å².